The molecule has 0 radical (unpaired) electrons. The number of hydrogen-bond donors (Lipinski definition) is 0. The predicted molar refractivity (Wildman–Crippen MR) is 223 cm³/mol. The molecule has 0 aromatic heterocycles. The molecule has 0 amide bonds. The molecule has 0 N–H and O–H groups in total. The highest BCUT2D eigenvalue weighted by molar-refractivity contribution is 6.23. The molecule has 2 aliphatic heterocycles. The van der Waals surface area contributed by atoms with Crippen molar-refractivity contribution in [2.24, 2.45) is 0 Å². The largest absolute Gasteiger partial charge is 0.309 e. The van der Waals surface area contributed by atoms with Gasteiger partial charge in [-0.15, -0.1) is 0 Å². The SMILES string of the molecule is CC12c3cc(c(-c4ccccc4)cc3-c3ccccc3)-c3c(c4ccccc4c4ccccc34)N(c3ccccc3)c3ccc1c(c3)-c1ccccc12. The monoisotopic (exact) mass is 673 g/mol. The van der Waals surface area contributed by atoms with Crippen LogP contribution >= 0.6 is 0 Å². The van der Waals surface area contributed by atoms with Gasteiger partial charge in [0.15, 0.2) is 0 Å². The van der Waals surface area contributed by atoms with Gasteiger partial charge in [-0.05, 0) is 115 Å². The summed E-state index contributed by atoms with van der Waals surface area (Å²) < 4.78 is 0. The zero-order valence-corrected chi connectivity index (χ0v) is 29.4. The van der Waals surface area contributed by atoms with Crippen molar-refractivity contribution in [3.8, 4) is 44.5 Å². The van der Waals surface area contributed by atoms with Gasteiger partial charge in [-0.2, -0.15) is 0 Å². The van der Waals surface area contributed by atoms with Crippen LogP contribution in [0.3, 0.4) is 0 Å². The zero-order valence-electron chi connectivity index (χ0n) is 29.4. The zero-order chi connectivity index (χ0) is 35.1. The molecule has 0 fully saturated rings. The van der Waals surface area contributed by atoms with Crippen LogP contribution < -0.4 is 4.90 Å². The quantitative estimate of drug-likeness (QED) is 0.169. The second-order valence-electron chi connectivity index (χ2n) is 14.6. The Bertz CT molecular complexity index is 2890. The highest BCUT2D eigenvalue weighted by Gasteiger charge is 2.43. The highest BCUT2D eigenvalue weighted by atomic mass is 15.1. The van der Waals surface area contributed by atoms with E-state index in [0.717, 1.165) is 11.4 Å². The van der Waals surface area contributed by atoms with Crippen LogP contribution in [0.1, 0.15) is 23.6 Å². The van der Waals surface area contributed by atoms with E-state index in [1.165, 1.54) is 88.4 Å². The second-order valence-corrected chi connectivity index (χ2v) is 14.6. The van der Waals surface area contributed by atoms with Crippen molar-refractivity contribution in [3.05, 3.63) is 211 Å². The molecule has 6 bridgehead atoms. The number of fused-ring (bicyclic) bond motifs is 5. The fourth-order valence-electron chi connectivity index (χ4n) is 9.46. The molecule has 1 nitrogen and oxygen atoms in total. The first-order valence-electron chi connectivity index (χ1n) is 18.5. The molecule has 1 atom stereocenters. The van der Waals surface area contributed by atoms with Crippen molar-refractivity contribution in [1.29, 1.82) is 0 Å². The van der Waals surface area contributed by atoms with Gasteiger partial charge in [-0.25, -0.2) is 0 Å². The molecule has 0 saturated heterocycles. The van der Waals surface area contributed by atoms with E-state index in [2.05, 4.69) is 206 Å². The lowest BCUT2D eigenvalue weighted by molar-refractivity contribution is 0.716. The normalized spacial score (nSPS) is 15.3. The summed E-state index contributed by atoms with van der Waals surface area (Å²) in [6.45, 7) is 2.46. The average molecular weight is 674 g/mol. The van der Waals surface area contributed by atoms with E-state index in [1.807, 2.05) is 0 Å². The van der Waals surface area contributed by atoms with Gasteiger partial charge in [0.2, 0.25) is 0 Å². The summed E-state index contributed by atoms with van der Waals surface area (Å²) in [4.78, 5) is 2.52. The molecule has 0 spiro atoms. The molecule has 1 unspecified atom stereocenters. The molecule has 2 heterocycles. The lowest BCUT2D eigenvalue weighted by atomic mass is 9.70. The van der Waals surface area contributed by atoms with Gasteiger partial charge in [-0.3, -0.25) is 0 Å². The summed E-state index contributed by atoms with van der Waals surface area (Å²) in [5.74, 6) is 0. The van der Waals surface area contributed by atoms with Crippen LogP contribution in [0.25, 0.3) is 66.1 Å². The Morgan fingerprint density at radius 2 is 0.887 bits per heavy atom. The van der Waals surface area contributed by atoms with Crippen molar-refractivity contribution < 1.29 is 0 Å². The van der Waals surface area contributed by atoms with E-state index >= 15 is 0 Å². The number of nitrogens with zero attached hydrogens (tertiary/aromatic N) is 1. The number of benzene rings is 9. The van der Waals surface area contributed by atoms with Crippen LogP contribution in [0.2, 0.25) is 0 Å². The van der Waals surface area contributed by atoms with Crippen molar-refractivity contribution in [2.75, 3.05) is 4.90 Å². The Morgan fingerprint density at radius 1 is 0.340 bits per heavy atom. The van der Waals surface area contributed by atoms with Crippen molar-refractivity contribution in [2.45, 2.75) is 12.3 Å². The van der Waals surface area contributed by atoms with Gasteiger partial charge in [0.1, 0.15) is 0 Å². The van der Waals surface area contributed by atoms with Crippen molar-refractivity contribution in [3.63, 3.8) is 0 Å². The van der Waals surface area contributed by atoms with Gasteiger partial charge >= 0.3 is 0 Å². The summed E-state index contributed by atoms with van der Waals surface area (Å²) in [6, 6.07) is 72.3. The van der Waals surface area contributed by atoms with Crippen LogP contribution in [-0.2, 0) is 5.41 Å². The first-order chi connectivity index (χ1) is 26.2. The third-order valence-electron chi connectivity index (χ3n) is 11.8. The molecular formula is C52H35N. The molecule has 3 aliphatic rings. The summed E-state index contributed by atoms with van der Waals surface area (Å²) in [6.07, 6.45) is 0. The maximum atomic E-state index is 2.57. The highest BCUT2D eigenvalue weighted by Crippen LogP contribution is 2.59. The van der Waals surface area contributed by atoms with Crippen LogP contribution in [0.4, 0.5) is 17.1 Å². The first kappa shape index (κ1) is 30.0. The van der Waals surface area contributed by atoms with E-state index in [1.54, 1.807) is 0 Å². The summed E-state index contributed by atoms with van der Waals surface area (Å²) in [7, 11) is 0. The number of hydrogen-bond acceptors (Lipinski definition) is 1. The molecule has 12 rings (SSSR count). The Balaban J connectivity index is 1.43. The Labute approximate surface area is 310 Å². The summed E-state index contributed by atoms with van der Waals surface area (Å²) in [5.41, 5.74) is 17.0. The third-order valence-corrected chi connectivity index (χ3v) is 11.8. The second kappa shape index (κ2) is 11.4. The van der Waals surface area contributed by atoms with Crippen LogP contribution in [0, 0.1) is 0 Å². The summed E-state index contributed by atoms with van der Waals surface area (Å²) in [5, 5.41) is 4.97. The predicted octanol–water partition coefficient (Wildman–Crippen LogP) is 14.1. The molecule has 248 valence electrons. The maximum Gasteiger partial charge on any atom is 0.0625 e. The third kappa shape index (κ3) is 4.25. The van der Waals surface area contributed by atoms with E-state index in [-0.39, 0.29) is 0 Å². The van der Waals surface area contributed by atoms with Gasteiger partial charge in [0.05, 0.1) is 5.69 Å². The van der Waals surface area contributed by atoms with Crippen LogP contribution in [0.15, 0.2) is 194 Å². The fraction of sp³-hybridized carbons (Fsp3) is 0.0385. The minimum Gasteiger partial charge on any atom is -0.309 e. The molecule has 9 aromatic rings. The van der Waals surface area contributed by atoms with Gasteiger partial charge in [-0.1, -0.05) is 158 Å². The lowest BCUT2D eigenvalue weighted by Crippen LogP contribution is -2.23. The molecule has 9 aromatic carbocycles. The minimum atomic E-state index is -0.408. The van der Waals surface area contributed by atoms with E-state index < -0.39 is 5.41 Å². The van der Waals surface area contributed by atoms with E-state index in [0.29, 0.717) is 0 Å². The number of para-hydroxylation sites is 1. The minimum absolute atomic E-state index is 0.408. The molecule has 1 heteroatoms. The topological polar surface area (TPSA) is 3.24 Å². The summed E-state index contributed by atoms with van der Waals surface area (Å²) >= 11 is 0. The van der Waals surface area contributed by atoms with Crippen molar-refractivity contribution >= 4 is 38.6 Å². The lowest BCUT2D eigenvalue weighted by Gasteiger charge is -2.33. The Kier molecular flexibility index (Phi) is 6.45. The van der Waals surface area contributed by atoms with E-state index in [9.17, 15) is 0 Å². The smallest absolute Gasteiger partial charge is 0.0625 e. The number of anilines is 3. The Morgan fingerprint density at radius 3 is 1.60 bits per heavy atom. The Hall–Kier alpha value is -6.70. The molecule has 0 saturated carbocycles. The standard InChI is InChI=1S/C52H35N/c1-52-47-28-16-15-25-40(47)45-31-37(29-30-48(45)52)53(36-21-9-4-10-22-36)51-42-27-14-12-24-39(42)38-23-11-13-26-41(38)50(51)46-33-49(52)44(35-19-7-3-8-20-35)32-43(46)34-17-5-2-6-18-34/h2-33H,1H3. The molecule has 1 aliphatic carbocycles. The van der Waals surface area contributed by atoms with Crippen LogP contribution in [-0.4, -0.2) is 0 Å². The van der Waals surface area contributed by atoms with Gasteiger partial charge in [0, 0.05) is 27.7 Å². The van der Waals surface area contributed by atoms with Crippen molar-refractivity contribution in [1.82, 2.24) is 0 Å². The first-order valence-corrected chi connectivity index (χ1v) is 18.5. The van der Waals surface area contributed by atoms with Crippen LogP contribution in [0.5, 0.6) is 0 Å². The van der Waals surface area contributed by atoms with E-state index in [4.69, 9.17) is 0 Å². The molecule has 53 heavy (non-hydrogen) atoms. The maximum absolute atomic E-state index is 2.57. The average Bonchev–Trinajstić information content (AvgIpc) is 3.48. The number of rotatable bonds is 3. The molecular weight excluding hydrogens is 639 g/mol. The van der Waals surface area contributed by atoms with Gasteiger partial charge in [0.25, 0.3) is 0 Å². The van der Waals surface area contributed by atoms with Gasteiger partial charge < -0.3 is 4.90 Å². The fourth-order valence-corrected chi connectivity index (χ4v) is 9.46.